The molecule has 26 heavy (non-hydrogen) atoms. The van der Waals surface area contributed by atoms with Gasteiger partial charge in [-0.3, -0.25) is 14.7 Å². The lowest BCUT2D eigenvalue weighted by molar-refractivity contribution is -0.145. The number of carbonyl (C=O) groups is 1. The molecule has 3 heterocycles. The number of nitrogens with zero attached hydrogens (tertiary/aromatic N) is 2. The lowest BCUT2D eigenvalue weighted by Crippen LogP contribution is -2.46. The summed E-state index contributed by atoms with van der Waals surface area (Å²) in [5.74, 6) is -0.476. The van der Waals surface area contributed by atoms with Crippen LogP contribution in [0.25, 0.3) is 10.6 Å². The van der Waals surface area contributed by atoms with E-state index in [4.69, 9.17) is 0 Å². The van der Waals surface area contributed by atoms with Crippen LogP contribution in [0.5, 0.6) is 5.75 Å². The predicted molar refractivity (Wildman–Crippen MR) is 103 cm³/mol. The van der Waals surface area contributed by atoms with Crippen LogP contribution in [0, 0.1) is 17.3 Å². The standard InChI is InChI=1S/C20H26N2O3S/c1-20(2,3)14-9-13(19(24)25)10-22(11-14)12-15-6-7-17(26-15)18-16(23)5-4-8-21-18/h4-8,13-14,23H,9-12H2,1-3H3,(H,24,25)/t13-,14-/m1/s1. The van der Waals surface area contributed by atoms with Gasteiger partial charge in [-0.2, -0.15) is 0 Å². The highest BCUT2D eigenvalue weighted by Crippen LogP contribution is 2.37. The Morgan fingerprint density at radius 1 is 1.31 bits per heavy atom. The van der Waals surface area contributed by atoms with Crippen molar-refractivity contribution in [2.75, 3.05) is 13.1 Å². The minimum Gasteiger partial charge on any atom is -0.506 e. The van der Waals surface area contributed by atoms with Gasteiger partial charge >= 0.3 is 5.97 Å². The van der Waals surface area contributed by atoms with E-state index < -0.39 is 5.97 Å². The average molecular weight is 375 g/mol. The molecule has 0 spiro atoms. The molecule has 0 unspecified atom stereocenters. The minimum absolute atomic E-state index is 0.0900. The van der Waals surface area contributed by atoms with Gasteiger partial charge in [0.15, 0.2) is 0 Å². The van der Waals surface area contributed by atoms with E-state index >= 15 is 0 Å². The summed E-state index contributed by atoms with van der Waals surface area (Å²) in [5.41, 5.74) is 0.686. The quantitative estimate of drug-likeness (QED) is 0.843. The molecule has 0 aliphatic carbocycles. The molecule has 2 N–H and O–H groups in total. The van der Waals surface area contributed by atoms with E-state index in [0.29, 0.717) is 18.2 Å². The maximum Gasteiger partial charge on any atom is 0.307 e. The molecule has 0 bridgehead atoms. The lowest BCUT2D eigenvalue weighted by Gasteiger charge is -2.42. The topological polar surface area (TPSA) is 73.7 Å². The van der Waals surface area contributed by atoms with Crippen molar-refractivity contribution in [2.24, 2.45) is 17.3 Å². The van der Waals surface area contributed by atoms with Crippen LogP contribution in [-0.4, -0.2) is 39.2 Å². The first-order valence-electron chi connectivity index (χ1n) is 8.92. The molecular weight excluding hydrogens is 348 g/mol. The van der Waals surface area contributed by atoms with Crippen molar-refractivity contribution in [2.45, 2.75) is 33.7 Å². The zero-order valence-corrected chi connectivity index (χ0v) is 16.3. The van der Waals surface area contributed by atoms with Gasteiger partial charge in [-0.15, -0.1) is 11.3 Å². The molecule has 2 atom stereocenters. The van der Waals surface area contributed by atoms with Gasteiger partial charge in [0.25, 0.3) is 0 Å². The van der Waals surface area contributed by atoms with E-state index in [-0.39, 0.29) is 17.1 Å². The number of aromatic hydroxyl groups is 1. The van der Waals surface area contributed by atoms with Crippen molar-refractivity contribution < 1.29 is 15.0 Å². The smallest absolute Gasteiger partial charge is 0.307 e. The van der Waals surface area contributed by atoms with Gasteiger partial charge in [0.2, 0.25) is 0 Å². The van der Waals surface area contributed by atoms with Crippen molar-refractivity contribution in [1.29, 1.82) is 0 Å². The highest BCUT2D eigenvalue weighted by molar-refractivity contribution is 7.15. The van der Waals surface area contributed by atoms with Crippen molar-refractivity contribution in [3.63, 3.8) is 0 Å². The Morgan fingerprint density at radius 3 is 2.73 bits per heavy atom. The van der Waals surface area contributed by atoms with Crippen LogP contribution in [0.15, 0.2) is 30.5 Å². The summed E-state index contributed by atoms with van der Waals surface area (Å²) >= 11 is 1.60. The number of carboxylic acid groups (broad SMARTS) is 1. The summed E-state index contributed by atoms with van der Waals surface area (Å²) in [7, 11) is 0. The molecule has 3 rings (SSSR count). The predicted octanol–water partition coefficient (Wildman–Crippen LogP) is 4.08. The number of hydrogen-bond donors (Lipinski definition) is 2. The highest BCUT2D eigenvalue weighted by Gasteiger charge is 2.37. The van der Waals surface area contributed by atoms with Gasteiger partial charge in [0, 0.05) is 30.7 Å². The number of rotatable bonds is 4. The summed E-state index contributed by atoms with van der Waals surface area (Å²) in [6.45, 7) is 8.79. The number of likely N-dealkylation sites (tertiary alicyclic amines) is 1. The third kappa shape index (κ3) is 4.24. The number of aromatic nitrogens is 1. The zero-order valence-electron chi connectivity index (χ0n) is 15.5. The zero-order chi connectivity index (χ0) is 18.9. The number of piperidine rings is 1. The molecule has 0 aromatic carbocycles. The fourth-order valence-electron chi connectivity index (χ4n) is 3.52. The second-order valence-corrected chi connectivity index (χ2v) is 9.33. The minimum atomic E-state index is -0.700. The monoisotopic (exact) mass is 374 g/mol. The molecule has 1 aliphatic rings. The average Bonchev–Trinajstić information content (AvgIpc) is 3.02. The van der Waals surface area contributed by atoms with Gasteiger partial charge in [0.05, 0.1) is 10.8 Å². The van der Waals surface area contributed by atoms with Crippen LogP contribution in [0.1, 0.15) is 32.1 Å². The molecule has 6 heteroatoms. The van der Waals surface area contributed by atoms with Crippen LogP contribution in [0.3, 0.4) is 0 Å². The molecule has 1 saturated heterocycles. The third-order valence-corrected chi connectivity index (χ3v) is 6.24. The molecule has 2 aromatic heterocycles. The Bertz CT molecular complexity index is 781. The number of hydrogen-bond acceptors (Lipinski definition) is 5. The second-order valence-electron chi connectivity index (χ2n) is 8.16. The van der Waals surface area contributed by atoms with E-state index in [2.05, 4.69) is 30.7 Å². The Balaban J connectivity index is 1.75. The van der Waals surface area contributed by atoms with Gasteiger partial charge < -0.3 is 10.2 Å². The first kappa shape index (κ1) is 18.9. The van der Waals surface area contributed by atoms with Crippen LogP contribution in [0.2, 0.25) is 0 Å². The molecule has 5 nitrogen and oxygen atoms in total. The second kappa shape index (κ2) is 7.37. The van der Waals surface area contributed by atoms with E-state index in [1.165, 1.54) is 0 Å². The fourth-order valence-corrected chi connectivity index (χ4v) is 4.58. The maximum atomic E-state index is 11.6. The normalized spacial score (nSPS) is 21.7. The number of pyridine rings is 1. The molecule has 1 fully saturated rings. The van der Waals surface area contributed by atoms with Gasteiger partial charge in [0.1, 0.15) is 11.4 Å². The summed E-state index contributed by atoms with van der Waals surface area (Å²) in [6.07, 6.45) is 2.41. The number of thiophene rings is 1. The van der Waals surface area contributed by atoms with Gasteiger partial charge in [-0.25, -0.2) is 0 Å². The first-order valence-corrected chi connectivity index (χ1v) is 9.74. The van der Waals surface area contributed by atoms with Crippen LogP contribution < -0.4 is 0 Å². The van der Waals surface area contributed by atoms with E-state index in [9.17, 15) is 15.0 Å². The van der Waals surface area contributed by atoms with Crippen LogP contribution >= 0.6 is 11.3 Å². The molecule has 0 saturated carbocycles. The maximum absolute atomic E-state index is 11.6. The molecular formula is C20H26N2O3S. The lowest BCUT2D eigenvalue weighted by atomic mass is 9.73. The Hall–Kier alpha value is -1.92. The first-order chi connectivity index (χ1) is 12.2. The molecule has 2 aromatic rings. The summed E-state index contributed by atoms with van der Waals surface area (Å²) in [4.78, 5) is 20.2. The molecule has 0 radical (unpaired) electrons. The fraction of sp³-hybridized carbons (Fsp3) is 0.500. The third-order valence-electron chi connectivity index (χ3n) is 5.16. The summed E-state index contributed by atoms with van der Waals surface area (Å²) in [5, 5.41) is 19.5. The van der Waals surface area contributed by atoms with Gasteiger partial charge in [-0.1, -0.05) is 20.8 Å². The largest absolute Gasteiger partial charge is 0.506 e. The highest BCUT2D eigenvalue weighted by atomic mass is 32.1. The summed E-state index contributed by atoms with van der Waals surface area (Å²) in [6, 6.07) is 7.37. The van der Waals surface area contributed by atoms with E-state index in [0.717, 1.165) is 29.3 Å². The van der Waals surface area contributed by atoms with E-state index in [1.54, 1.807) is 29.7 Å². The summed E-state index contributed by atoms with van der Waals surface area (Å²) < 4.78 is 0. The van der Waals surface area contributed by atoms with Crippen molar-refractivity contribution in [3.05, 3.63) is 35.3 Å². The SMILES string of the molecule is CC(C)(C)[C@@H]1C[C@@H](C(=O)O)CN(Cc2ccc(-c3ncccc3O)s2)C1. The molecule has 140 valence electrons. The Kier molecular flexibility index (Phi) is 5.34. The molecule has 1 aliphatic heterocycles. The number of carboxylic acids is 1. The van der Waals surface area contributed by atoms with Crippen LogP contribution in [-0.2, 0) is 11.3 Å². The Labute approximate surface area is 158 Å². The van der Waals surface area contributed by atoms with Crippen LogP contribution in [0.4, 0.5) is 0 Å². The Morgan fingerprint density at radius 2 is 2.08 bits per heavy atom. The van der Waals surface area contributed by atoms with E-state index in [1.807, 2.05) is 12.1 Å². The molecule has 0 amide bonds. The van der Waals surface area contributed by atoms with Crippen molar-refractivity contribution in [1.82, 2.24) is 9.88 Å². The van der Waals surface area contributed by atoms with Crippen molar-refractivity contribution >= 4 is 17.3 Å². The van der Waals surface area contributed by atoms with Gasteiger partial charge in [-0.05, 0) is 42.0 Å². The number of aliphatic carboxylic acids is 1. The van der Waals surface area contributed by atoms with Crippen molar-refractivity contribution in [3.8, 4) is 16.3 Å².